The maximum atomic E-state index is 8.97. The van der Waals surface area contributed by atoms with Gasteiger partial charge in [0.2, 0.25) is 0 Å². The second kappa shape index (κ2) is 20.8. The third kappa shape index (κ3) is 45.3. The number of β-amino-alcohol motifs (C(OH)–C–C–N with tert-alkyl or cyclic N) is 1. The minimum Gasteiger partial charge on any atom is -0.395 e. The van der Waals surface area contributed by atoms with Gasteiger partial charge in [0.1, 0.15) is 0 Å². The van der Waals surface area contributed by atoms with Crippen LogP contribution in [0.2, 0.25) is 0 Å². The van der Waals surface area contributed by atoms with Crippen LogP contribution in [0.3, 0.4) is 0 Å². The number of aliphatic hydroxyl groups excluding tert-OH is 1. The van der Waals surface area contributed by atoms with E-state index in [1.54, 1.807) is 0 Å². The number of nitrogens with zero attached hydrogens (tertiary/aromatic N) is 1. The third-order valence-electron chi connectivity index (χ3n) is 2.75. The van der Waals surface area contributed by atoms with E-state index in [0.29, 0.717) is 6.54 Å². The molecule has 0 saturated carbocycles. The maximum absolute atomic E-state index is 8.97. The summed E-state index contributed by atoms with van der Waals surface area (Å²) in [6.45, 7) is 8.64. The summed E-state index contributed by atoms with van der Waals surface area (Å²) in [5, 5.41) is 22.5. The van der Waals surface area contributed by atoms with E-state index in [1.807, 2.05) is 0 Å². The second-order valence-corrected chi connectivity index (χ2v) is 6.56. The van der Waals surface area contributed by atoms with E-state index in [-0.39, 0.29) is 23.1 Å². The summed E-state index contributed by atoms with van der Waals surface area (Å²) in [7, 11) is -9.89. The van der Waals surface area contributed by atoms with E-state index < -0.39 is 20.5 Å². The molecule has 0 unspecified atom stereocenters. The number of hydrogen-bond acceptors (Lipinski definition) is 14. The molecule has 0 aliphatic carbocycles. The van der Waals surface area contributed by atoms with E-state index in [0.717, 1.165) is 52.6 Å². The molecule has 1 saturated heterocycles. The van der Waals surface area contributed by atoms with Crippen LogP contribution in [0.15, 0.2) is 0 Å². The van der Waals surface area contributed by atoms with Crippen molar-refractivity contribution < 1.29 is 79.4 Å². The molecule has 1 rings (SSSR count). The Morgan fingerprint density at radius 1 is 0.643 bits per heavy atom. The van der Waals surface area contributed by atoms with Crippen LogP contribution in [-0.2, 0) is 16.5 Å². The fourth-order valence-electron chi connectivity index (χ4n) is 1.77. The number of aliphatic hydroxyl groups is 1. The minimum atomic E-state index is -4.94. The van der Waals surface area contributed by atoms with Gasteiger partial charge < -0.3 is 26.4 Å². The van der Waals surface area contributed by atoms with E-state index in [1.165, 1.54) is 6.42 Å². The smallest absolute Gasteiger partial charge is 0.395 e. The summed E-state index contributed by atoms with van der Waals surface area (Å²) in [6, 6.07) is 0. The van der Waals surface area contributed by atoms with E-state index in [4.69, 9.17) is 42.4 Å². The average Bonchev–Trinajstić information content (AvgIpc) is 2.48. The summed E-state index contributed by atoms with van der Waals surface area (Å²) in [5.41, 5.74) is 0. The van der Waals surface area contributed by atoms with Gasteiger partial charge in [-0.25, -0.2) is 37.3 Å². The molecule has 0 amide bonds. The predicted molar refractivity (Wildman–Crippen MR) is 69.9 cm³/mol. The molecule has 0 aromatic carbocycles. The summed E-state index contributed by atoms with van der Waals surface area (Å²) >= 11 is 0. The molecule has 1 aliphatic heterocycles. The molecule has 5 N–H and O–H groups in total. The van der Waals surface area contributed by atoms with Crippen LogP contribution in [-0.4, -0.2) is 75.8 Å². The predicted octanol–water partition coefficient (Wildman–Crippen LogP) is -11.6. The zero-order valence-corrected chi connectivity index (χ0v) is 17.5. The molecule has 28 heavy (non-hydrogen) atoms. The molecule has 0 aromatic rings. The van der Waals surface area contributed by atoms with Gasteiger partial charge in [0, 0.05) is 46.1 Å². The van der Waals surface area contributed by atoms with Crippen LogP contribution >= 0.6 is 0 Å². The van der Waals surface area contributed by atoms with Crippen LogP contribution < -0.4 is 58.5 Å². The van der Waals surface area contributed by atoms with Gasteiger partial charge in [-0.3, -0.25) is 4.90 Å². The van der Waals surface area contributed by atoms with Crippen LogP contribution in [0.4, 0.5) is 0 Å². The monoisotopic (exact) mass is 501 g/mol. The fourth-order valence-corrected chi connectivity index (χ4v) is 1.77. The first-order valence-electron chi connectivity index (χ1n) is 7.83. The molecular weight excluding hydrogens is 476 g/mol. The SMILES string of the molecule is OCCN1CNCCNCCCNCCNC1.[Ni+2].[O-][Cl+3]([O-])([O-])[O-].[O-][Cl+3]([O-])([O-])[O-]. The molecule has 1 aliphatic rings. The minimum absolute atomic E-state index is 0. The molecular formula is C11H27Cl2N5NiO9. The van der Waals surface area contributed by atoms with Gasteiger partial charge in [-0.05, 0) is 19.5 Å². The molecule has 14 nitrogen and oxygen atoms in total. The van der Waals surface area contributed by atoms with Gasteiger partial charge in [0.15, 0.2) is 0 Å². The van der Waals surface area contributed by atoms with Crippen molar-refractivity contribution in [3.05, 3.63) is 0 Å². The average molecular weight is 503 g/mol. The molecule has 1 fully saturated rings. The Bertz CT molecular complexity index is 292. The molecule has 174 valence electrons. The number of nitrogens with one attached hydrogen (secondary N) is 4. The van der Waals surface area contributed by atoms with Crippen molar-refractivity contribution in [1.82, 2.24) is 26.2 Å². The van der Waals surface area contributed by atoms with Gasteiger partial charge in [0.05, 0.1) is 6.61 Å². The van der Waals surface area contributed by atoms with Crippen molar-refractivity contribution in [2.45, 2.75) is 6.42 Å². The third-order valence-corrected chi connectivity index (χ3v) is 2.75. The van der Waals surface area contributed by atoms with Crippen LogP contribution in [0.25, 0.3) is 0 Å². The van der Waals surface area contributed by atoms with Gasteiger partial charge in [0.25, 0.3) is 0 Å². The van der Waals surface area contributed by atoms with Gasteiger partial charge in [-0.1, -0.05) is 0 Å². The van der Waals surface area contributed by atoms with Crippen molar-refractivity contribution in [3.8, 4) is 0 Å². The molecule has 1 heterocycles. The van der Waals surface area contributed by atoms with Crippen LogP contribution in [0, 0.1) is 20.5 Å². The molecule has 17 heteroatoms. The normalized spacial score (nSPS) is 18.3. The molecule has 0 atom stereocenters. The number of hydrogen-bond donors (Lipinski definition) is 5. The Morgan fingerprint density at radius 2 is 0.964 bits per heavy atom. The Morgan fingerprint density at radius 3 is 1.29 bits per heavy atom. The topological polar surface area (TPSA) is 256 Å². The summed E-state index contributed by atoms with van der Waals surface area (Å²) in [5.74, 6) is 0. The summed E-state index contributed by atoms with van der Waals surface area (Å²) < 4.78 is 67.9. The van der Waals surface area contributed by atoms with E-state index in [2.05, 4.69) is 26.2 Å². The van der Waals surface area contributed by atoms with Crippen molar-refractivity contribution in [2.24, 2.45) is 0 Å². The first kappa shape index (κ1) is 33.2. The molecule has 0 radical (unpaired) electrons. The Labute approximate surface area is 177 Å². The molecule has 0 spiro atoms. The van der Waals surface area contributed by atoms with E-state index >= 15 is 0 Å². The first-order chi connectivity index (χ1) is 12.4. The van der Waals surface area contributed by atoms with Crippen molar-refractivity contribution in [2.75, 3.05) is 65.8 Å². The fraction of sp³-hybridized carbons (Fsp3) is 1.00. The van der Waals surface area contributed by atoms with Crippen molar-refractivity contribution in [3.63, 3.8) is 0 Å². The van der Waals surface area contributed by atoms with Gasteiger partial charge in [-0.2, -0.15) is 0 Å². The Kier molecular flexibility index (Phi) is 24.6. The van der Waals surface area contributed by atoms with E-state index in [9.17, 15) is 0 Å². The van der Waals surface area contributed by atoms with Gasteiger partial charge >= 0.3 is 16.5 Å². The second-order valence-electron chi connectivity index (χ2n) is 5.04. The largest absolute Gasteiger partial charge is 2.00 e. The van der Waals surface area contributed by atoms with Gasteiger partial charge in [-0.15, -0.1) is 20.5 Å². The number of halogens is 2. The standard InChI is InChI=1S/C11H27N5O.2ClHO4.Ni/c17-9-8-16-10-14-6-4-12-2-1-3-13-5-7-15-11-16;2*2-1(3,4)5;/h12-15,17H,1-11H2;2*(H,2,3,4,5);/q;;;+2/p-2. The Hall–Kier alpha value is 0.514. The first-order valence-corrected chi connectivity index (χ1v) is 10.3. The quantitative estimate of drug-likeness (QED) is 0.219. The molecule has 0 bridgehead atoms. The summed E-state index contributed by atoms with van der Waals surface area (Å²) in [4.78, 5) is 2.17. The van der Waals surface area contributed by atoms with Crippen molar-refractivity contribution in [1.29, 1.82) is 0 Å². The zero-order valence-electron chi connectivity index (χ0n) is 15.0. The summed E-state index contributed by atoms with van der Waals surface area (Å²) in [6.07, 6.45) is 1.18. The van der Waals surface area contributed by atoms with Crippen LogP contribution in [0.1, 0.15) is 6.42 Å². The zero-order chi connectivity index (χ0) is 21.2. The molecule has 0 aromatic heterocycles. The maximum Gasteiger partial charge on any atom is 2.00 e. The van der Waals surface area contributed by atoms with Crippen molar-refractivity contribution >= 4 is 0 Å². The number of rotatable bonds is 2. The van der Waals surface area contributed by atoms with Crippen LogP contribution in [0.5, 0.6) is 0 Å². The Balaban J connectivity index is -0.000000473.